The average Bonchev–Trinajstić information content (AvgIpc) is 2.61. The zero-order valence-corrected chi connectivity index (χ0v) is 15.0. The van der Waals surface area contributed by atoms with Crippen molar-refractivity contribution in [3.63, 3.8) is 0 Å². The van der Waals surface area contributed by atoms with Gasteiger partial charge < -0.3 is 10.5 Å². The highest BCUT2D eigenvalue weighted by molar-refractivity contribution is 5.88. The van der Waals surface area contributed by atoms with Crippen LogP contribution >= 0.6 is 0 Å². The third-order valence-corrected chi connectivity index (χ3v) is 8.65. The zero-order chi connectivity index (χ0) is 17.6. The predicted octanol–water partition coefficient (Wildman–Crippen LogP) is 3.50. The molecule has 5 aliphatic rings. The summed E-state index contributed by atoms with van der Waals surface area (Å²) in [5.74, 6) is 0.966. The number of allylic oxidation sites excluding steroid dienone is 3. The minimum absolute atomic E-state index is 0.0661. The molecule has 5 aliphatic carbocycles. The van der Waals surface area contributed by atoms with E-state index < -0.39 is 0 Å². The van der Waals surface area contributed by atoms with E-state index in [0.717, 1.165) is 38.7 Å². The molecule has 6 atom stereocenters. The maximum absolute atomic E-state index is 12.4. The molecule has 1 amide bonds. The maximum atomic E-state index is 12.4. The second-order valence-electron chi connectivity index (χ2n) is 9.13. The number of amides is 1. The summed E-state index contributed by atoms with van der Waals surface area (Å²) in [7, 11) is 0. The molecule has 26 heavy (non-hydrogen) atoms. The Kier molecular flexibility index (Phi) is 2.75. The van der Waals surface area contributed by atoms with Crippen LogP contribution < -0.4 is 5.73 Å². The number of rotatable bonds is 5. The SMILES string of the molecule is NC(=O)C12CC3C(OCC4=CC=CCC4)C4CC(c5ccccc5)(C1)C342. The molecule has 0 heterocycles. The number of carbonyl (C=O) groups excluding carboxylic acids is 1. The third kappa shape index (κ3) is 1.36. The Morgan fingerprint density at radius 1 is 1.19 bits per heavy atom. The van der Waals surface area contributed by atoms with Crippen molar-refractivity contribution in [2.75, 3.05) is 6.61 Å². The van der Waals surface area contributed by atoms with E-state index in [9.17, 15) is 4.79 Å². The molecule has 0 bridgehead atoms. The minimum atomic E-state index is -0.247. The first kappa shape index (κ1) is 15.2. The van der Waals surface area contributed by atoms with Crippen LogP contribution in [0.25, 0.3) is 0 Å². The van der Waals surface area contributed by atoms with Gasteiger partial charge in [-0.15, -0.1) is 0 Å². The van der Waals surface area contributed by atoms with Crippen LogP contribution in [0.4, 0.5) is 0 Å². The van der Waals surface area contributed by atoms with Gasteiger partial charge in [-0.1, -0.05) is 48.6 Å². The molecule has 3 heteroatoms. The Hall–Kier alpha value is -1.87. The van der Waals surface area contributed by atoms with Crippen LogP contribution in [0.5, 0.6) is 0 Å². The fourth-order valence-corrected chi connectivity index (χ4v) is 7.87. The summed E-state index contributed by atoms with van der Waals surface area (Å²) in [6.07, 6.45) is 12.2. The number of nitrogens with two attached hydrogens (primary N) is 1. The van der Waals surface area contributed by atoms with Crippen LogP contribution in [-0.2, 0) is 14.9 Å². The molecule has 6 unspecified atom stereocenters. The lowest BCUT2D eigenvalue weighted by Gasteiger charge is -2.96. The molecule has 6 rings (SSSR count). The molecule has 4 saturated carbocycles. The van der Waals surface area contributed by atoms with E-state index in [1.807, 2.05) is 0 Å². The van der Waals surface area contributed by atoms with Crippen LogP contribution in [0.2, 0.25) is 0 Å². The summed E-state index contributed by atoms with van der Waals surface area (Å²) in [5, 5.41) is 0. The standard InChI is InChI=1S/C23H25NO2/c24-20(25)22-12-18-19(26-13-15-7-3-1-4-8-15)17-11-21(14-22,23(17,18)22)16-9-5-2-6-10-16/h1-3,5-7,9-10,17-19H,4,8,11-14H2,(H2,24,25). The highest BCUT2D eigenvalue weighted by Gasteiger charge is 2.98. The summed E-state index contributed by atoms with van der Waals surface area (Å²) in [6.45, 7) is 0.750. The normalized spacial score (nSPS) is 46.5. The topological polar surface area (TPSA) is 52.3 Å². The number of hydrogen-bond acceptors (Lipinski definition) is 2. The molecule has 0 saturated heterocycles. The Labute approximate surface area is 154 Å². The van der Waals surface area contributed by atoms with Gasteiger partial charge in [-0.05, 0) is 55.1 Å². The first-order valence-electron chi connectivity index (χ1n) is 9.97. The summed E-state index contributed by atoms with van der Waals surface area (Å²) >= 11 is 0. The summed E-state index contributed by atoms with van der Waals surface area (Å²) in [4.78, 5) is 12.4. The molecule has 0 aliphatic heterocycles. The van der Waals surface area contributed by atoms with Gasteiger partial charge >= 0.3 is 0 Å². The first-order chi connectivity index (χ1) is 12.7. The molecule has 0 aromatic heterocycles. The molecule has 1 aromatic rings. The molecule has 3 nitrogen and oxygen atoms in total. The van der Waals surface area contributed by atoms with Gasteiger partial charge in [0.25, 0.3) is 0 Å². The van der Waals surface area contributed by atoms with Crippen molar-refractivity contribution in [2.45, 2.75) is 43.6 Å². The van der Waals surface area contributed by atoms with Crippen molar-refractivity contribution in [2.24, 2.45) is 28.4 Å². The lowest BCUT2D eigenvalue weighted by Crippen LogP contribution is -2.98. The van der Waals surface area contributed by atoms with Crippen LogP contribution in [0, 0.1) is 22.7 Å². The Morgan fingerprint density at radius 2 is 2.00 bits per heavy atom. The summed E-state index contributed by atoms with van der Waals surface area (Å²) in [5.41, 5.74) is 8.77. The average molecular weight is 347 g/mol. The van der Waals surface area contributed by atoms with Gasteiger partial charge in [-0.2, -0.15) is 0 Å². The molecule has 0 radical (unpaired) electrons. The lowest BCUT2D eigenvalue weighted by molar-refractivity contribution is -0.468. The van der Waals surface area contributed by atoms with E-state index in [-0.39, 0.29) is 22.2 Å². The minimum Gasteiger partial charge on any atom is -0.373 e. The summed E-state index contributed by atoms with van der Waals surface area (Å²) in [6, 6.07) is 10.8. The zero-order valence-electron chi connectivity index (χ0n) is 15.0. The van der Waals surface area contributed by atoms with Gasteiger partial charge in [0.2, 0.25) is 5.91 Å². The van der Waals surface area contributed by atoms with Gasteiger partial charge in [0.05, 0.1) is 18.1 Å². The van der Waals surface area contributed by atoms with Gasteiger partial charge in [0.15, 0.2) is 0 Å². The molecule has 1 spiro atoms. The van der Waals surface area contributed by atoms with E-state index >= 15 is 0 Å². The lowest BCUT2D eigenvalue weighted by atomic mass is 9.07. The first-order valence-corrected chi connectivity index (χ1v) is 9.97. The molecule has 4 fully saturated rings. The van der Waals surface area contributed by atoms with Crippen molar-refractivity contribution >= 4 is 5.91 Å². The Morgan fingerprint density at radius 3 is 2.69 bits per heavy atom. The number of primary amides is 1. The number of ether oxygens (including phenoxy) is 1. The molecule has 1 aromatic carbocycles. The summed E-state index contributed by atoms with van der Waals surface area (Å²) < 4.78 is 6.40. The van der Waals surface area contributed by atoms with Crippen molar-refractivity contribution in [3.05, 3.63) is 59.7 Å². The van der Waals surface area contributed by atoms with E-state index in [0.29, 0.717) is 17.9 Å². The largest absolute Gasteiger partial charge is 0.373 e. The third-order valence-electron chi connectivity index (χ3n) is 8.65. The predicted molar refractivity (Wildman–Crippen MR) is 99.2 cm³/mol. The van der Waals surface area contributed by atoms with Gasteiger partial charge in [-0.3, -0.25) is 4.79 Å². The Balaban J connectivity index is 1.27. The smallest absolute Gasteiger partial charge is 0.224 e. The maximum Gasteiger partial charge on any atom is 0.224 e. The van der Waals surface area contributed by atoms with Crippen LogP contribution in [0.3, 0.4) is 0 Å². The van der Waals surface area contributed by atoms with Crippen LogP contribution in [0.1, 0.15) is 37.7 Å². The molecule has 134 valence electrons. The van der Waals surface area contributed by atoms with Gasteiger partial charge in [0, 0.05) is 10.8 Å². The van der Waals surface area contributed by atoms with Crippen molar-refractivity contribution in [1.82, 2.24) is 0 Å². The van der Waals surface area contributed by atoms with E-state index in [2.05, 4.69) is 48.6 Å². The van der Waals surface area contributed by atoms with Crippen molar-refractivity contribution in [3.8, 4) is 0 Å². The fourth-order valence-electron chi connectivity index (χ4n) is 7.87. The molecule has 2 N–H and O–H groups in total. The number of benzene rings is 1. The van der Waals surface area contributed by atoms with Gasteiger partial charge in [0.1, 0.15) is 0 Å². The van der Waals surface area contributed by atoms with Crippen molar-refractivity contribution in [1.29, 1.82) is 0 Å². The van der Waals surface area contributed by atoms with Crippen LogP contribution in [-0.4, -0.2) is 18.6 Å². The second kappa shape index (κ2) is 4.69. The highest BCUT2D eigenvalue weighted by Crippen LogP contribution is 2.97. The van der Waals surface area contributed by atoms with E-state index in [1.54, 1.807) is 0 Å². The quantitative estimate of drug-likeness (QED) is 0.886. The fraction of sp³-hybridized carbons (Fsp3) is 0.522. The molecular weight excluding hydrogens is 322 g/mol. The monoisotopic (exact) mass is 347 g/mol. The second-order valence-corrected chi connectivity index (χ2v) is 9.13. The highest BCUT2D eigenvalue weighted by atomic mass is 16.5. The van der Waals surface area contributed by atoms with E-state index in [4.69, 9.17) is 10.5 Å². The van der Waals surface area contributed by atoms with E-state index in [1.165, 1.54) is 11.1 Å². The van der Waals surface area contributed by atoms with Crippen molar-refractivity contribution < 1.29 is 9.53 Å². The number of carbonyl (C=O) groups is 1. The molecular formula is C23H25NO2. The van der Waals surface area contributed by atoms with Crippen LogP contribution in [0.15, 0.2) is 54.1 Å². The van der Waals surface area contributed by atoms with Gasteiger partial charge in [-0.25, -0.2) is 0 Å². The number of hydrogen-bond donors (Lipinski definition) is 1. The Bertz CT molecular complexity index is 850.